The van der Waals surface area contributed by atoms with Crippen molar-refractivity contribution in [1.29, 1.82) is 0 Å². The first-order valence-corrected chi connectivity index (χ1v) is 6.65. The molecule has 1 rings (SSSR count). The molecule has 0 saturated heterocycles. The van der Waals surface area contributed by atoms with Crippen LogP contribution in [0.1, 0.15) is 44.0 Å². The van der Waals surface area contributed by atoms with Crippen LogP contribution in [0.3, 0.4) is 0 Å². The van der Waals surface area contributed by atoms with Crippen molar-refractivity contribution in [3.05, 3.63) is 16.1 Å². The predicted octanol–water partition coefficient (Wildman–Crippen LogP) is 2.04. The Labute approximate surface area is 106 Å². The molecule has 0 aliphatic heterocycles. The molecule has 0 aliphatic carbocycles. The molecule has 0 aliphatic rings. The number of carbonyl (C=O) groups is 1. The van der Waals surface area contributed by atoms with Crippen LogP contribution in [0, 0.1) is 12.8 Å². The fourth-order valence-electron chi connectivity index (χ4n) is 1.63. The SMILES string of the molecule is CC(=O)NC(CC(O)c1nc(C)cs1)C(C)C. The zero-order valence-electron chi connectivity index (χ0n) is 10.7. The number of nitrogens with one attached hydrogen (secondary N) is 1. The molecule has 0 bridgehead atoms. The lowest BCUT2D eigenvalue weighted by Crippen LogP contribution is -2.38. The number of aryl methyl sites for hydroxylation is 1. The van der Waals surface area contributed by atoms with Gasteiger partial charge in [0.25, 0.3) is 0 Å². The fraction of sp³-hybridized carbons (Fsp3) is 0.667. The summed E-state index contributed by atoms with van der Waals surface area (Å²) in [6, 6.07) is -0.0216. The van der Waals surface area contributed by atoms with Gasteiger partial charge in [0.2, 0.25) is 5.91 Å². The maximum absolute atomic E-state index is 11.1. The lowest BCUT2D eigenvalue weighted by molar-refractivity contribution is -0.120. The van der Waals surface area contributed by atoms with Crippen LogP contribution in [0.15, 0.2) is 5.38 Å². The number of aromatic nitrogens is 1. The second kappa shape index (κ2) is 6.12. The molecule has 2 unspecified atom stereocenters. The predicted molar refractivity (Wildman–Crippen MR) is 68.9 cm³/mol. The number of hydrogen-bond donors (Lipinski definition) is 2. The minimum Gasteiger partial charge on any atom is -0.386 e. The Bertz CT molecular complexity index is 376. The third-order valence-electron chi connectivity index (χ3n) is 2.59. The van der Waals surface area contributed by atoms with Gasteiger partial charge in [-0.25, -0.2) is 4.98 Å². The van der Waals surface area contributed by atoms with Crippen LogP contribution >= 0.6 is 11.3 Å². The molecule has 1 amide bonds. The second-order valence-electron chi connectivity index (χ2n) is 4.63. The molecule has 17 heavy (non-hydrogen) atoms. The maximum atomic E-state index is 11.1. The summed E-state index contributed by atoms with van der Waals surface area (Å²) in [4.78, 5) is 15.3. The van der Waals surface area contributed by atoms with E-state index in [0.717, 1.165) is 10.7 Å². The molecule has 2 N–H and O–H groups in total. The summed E-state index contributed by atoms with van der Waals surface area (Å²) in [6.07, 6.45) is -0.0996. The Kier molecular flexibility index (Phi) is 5.08. The molecular weight excluding hydrogens is 236 g/mol. The van der Waals surface area contributed by atoms with Gasteiger partial charge in [-0.3, -0.25) is 4.79 Å². The van der Waals surface area contributed by atoms with Gasteiger partial charge in [0.05, 0.1) is 0 Å². The molecule has 4 nitrogen and oxygen atoms in total. The normalized spacial score (nSPS) is 14.7. The third kappa shape index (κ3) is 4.44. The monoisotopic (exact) mass is 256 g/mol. The van der Waals surface area contributed by atoms with Crippen molar-refractivity contribution in [3.8, 4) is 0 Å². The van der Waals surface area contributed by atoms with Crippen LogP contribution in [0.2, 0.25) is 0 Å². The van der Waals surface area contributed by atoms with E-state index in [9.17, 15) is 9.90 Å². The molecule has 0 fully saturated rings. The molecule has 2 atom stereocenters. The van der Waals surface area contributed by atoms with E-state index in [2.05, 4.69) is 10.3 Å². The second-order valence-corrected chi connectivity index (χ2v) is 5.52. The minimum absolute atomic E-state index is 0.0216. The molecule has 0 saturated carbocycles. The highest BCUT2D eigenvalue weighted by Gasteiger charge is 2.21. The lowest BCUT2D eigenvalue weighted by Gasteiger charge is -2.23. The third-order valence-corrected chi connectivity index (χ3v) is 3.66. The van der Waals surface area contributed by atoms with Crippen molar-refractivity contribution in [2.75, 3.05) is 0 Å². The number of nitrogens with zero attached hydrogens (tertiary/aromatic N) is 1. The van der Waals surface area contributed by atoms with Crippen LogP contribution in [0.4, 0.5) is 0 Å². The summed E-state index contributed by atoms with van der Waals surface area (Å²) in [5, 5.41) is 15.6. The number of hydrogen-bond acceptors (Lipinski definition) is 4. The first-order chi connectivity index (χ1) is 7.90. The number of aliphatic hydroxyl groups excluding tert-OH is 1. The molecule has 96 valence electrons. The van der Waals surface area contributed by atoms with Gasteiger partial charge in [0.15, 0.2) is 0 Å². The zero-order valence-corrected chi connectivity index (χ0v) is 11.5. The minimum atomic E-state index is -0.604. The summed E-state index contributed by atoms with van der Waals surface area (Å²) >= 11 is 1.46. The summed E-state index contributed by atoms with van der Waals surface area (Å²) in [5.74, 6) is 0.223. The first kappa shape index (κ1) is 14.1. The highest BCUT2D eigenvalue weighted by Crippen LogP contribution is 2.24. The van der Waals surface area contributed by atoms with Gasteiger partial charge in [-0.05, 0) is 12.8 Å². The average molecular weight is 256 g/mol. The molecule has 0 radical (unpaired) electrons. The van der Waals surface area contributed by atoms with Gasteiger partial charge in [-0.2, -0.15) is 0 Å². The quantitative estimate of drug-likeness (QED) is 0.847. The van der Waals surface area contributed by atoms with E-state index < -0.39 is 6.10 Å². The Balaban J connectivity index is 2.63. The summed E-state index contributed by atoms with van der Waals surface area (Å²) in [7, 11) is 0. The molecule has 0 aromatic carbocycles. The van der Waals surface area contributed by atoms with Crippen molar-refractivity contribution < 1.29 is 9.90 Å². The summed E-state index contributed by atoms with van der Waals surface area (Å²) in [5.41, 5.74) is 0.921. The van der Waals surface area contributed by atoms with E-state index >= 15 is 0 Å². The van der Waals surface area contributed by atoms with Crippen LogP contribution < -0.4 is 5.32 Å². The van der Waals surface area contributed by atoms with E-state index in [0.29, 0.717) is 6.42 Å². The number of rotatable bonds is 5. The molecule has 1 heterocycles. The van der Waals surface area contributed by atoms with Crippen LogP contribution in [0.25, 0.3) is 0 Å². The van der Waals surface area contributed by atoms with Crippen LogP contribution in [0.5, 0.6) is 0 Å². The van der Waals surface area contributed by atoms with Gasteiger partial charge in [-0.15, -0.1) is 11.3 Å². The summed E-state index contributed by atoms with van der Waals surface area (Å²) < 4.78 is 0. The Morgan fingerprint density at radius 1 is 1.59 bits per heavy atom. The van der Waals surface area contributed by atoms with Gasteiger partial charge >= 0.3 is 0 Å². The molecule has 1 aromatic heterocycles. The molecular formula is C12H20N2O2S. The van der Waals surface area contributed by atoms with Crippen LogP contribution in [-0.4, -0.2) is 22.0 Å². The van der Waals surface area contributed by atoms with Gasteiger partial charge in [-0.1, -0.05) is 13.8 Å². The number of thiazole rings is 1. The van der Waals surface area contributed by atoms with E-state index in [4.69, 9.17) is 0 Å². The van der Waals surface area contributed by atoms with Crippen molar-refractivity contribution in [3.63, 3.8) is 0 Å². The Morgan fingerprint density at radius 3 is 2.65 bits per heavy atom. The van der Waals surface area contributed by atoms with Crippen molar-refractivity contribution in [1.82, 2.24) is 10.3 Å². The van der Waals surface area contributed by atoms with E-state index in [1.165, 1.54) is 18.3 Å². The van der Waals surface area contributed by atoms with Crippen molar-refractivity contribution in [2.45, 2.75) is 46.3 Å². The lowest BCUT2D eigenvalue weighted by atomic mass is 9.98. The zero-order chi connectivity index (χ0) is 13.0. The van der Waals surface area contributed by atoms with Gasteiger partial charge in [0, 0.05) is 30.5 Å². The number of amides is 1. The van der Waals surface area contributed by atoms with Crippen LogP contribution in [-0.2, 0) is 4.79 Å². The molecule has 5 heteroatoms. The summed E-state index contributed by atoms with van der Waals surface area (Å²) in [6.45, 7) is 7.45. The van der Waals surface area contributed by atoms with E-state index in [1.807, 2.05) is 26.2 Å². The molecule has 0 spiro atoms. The average Bonchev–Trinajstić information content (AvgIpc) is 2.63. The Hall–Kier alpha value is -0.940. The molecule has 1 aromatic rings. The van der Waals surface area contributed by atoms with Crippen molar-refractivity contribution >= 4 is 17.2 Å². The Morgan fingerprint density at radius 2 is 2.24 bits per heavy atom. The highest BCUT2D eigenvalue weighted by molar-refractivity contribution is 7.09. The smallest absolute Gasteiger partial charge is 0.217 e. The maximum Gasteiger partial charge on any atom is 0.217 e. The highest BCUT2D eigenvalue weighted by atomic mass is 32.1. The van der Waals surface area contributed by atoms with Gasteiger partial charge < -0.3 is 10.4 Å². The number of aliphatic hydroxyl groups is 1. The van der Waals surface area contributed by atoms with E-state index in [1.54, 1.807) is 0 Å². The number of carbonyl (C=O) groups excluding carboxylic acids is 1. The van der Waals surface area contributed by atoms with Gasteiger partial charge in [0.1, 0.15) is 11.1 Å². The first-order valence-electron chi connectivity index (χ1n) is 5.77. The van der Waals surface area contributed by atoms with Crippen molar-refractivity contribution in [2.24, 2.45) is 5.92 Å². The van der Waals surface area contributed by atoms with E-state index in [-0.39, 0.29) is 17.9 Å². The largest absolute Gasteiger partial charge is 0.386 e. The topological polar surface area (TPSA) is 62.2 Å². The fourth-order valence-corrected chi connectivity index (χ4v) is 2.42. The standard InChI is InChI=1S/C12H20N2O2S/c1-7(2)10(14-9(4)15)5-11(16)12-13-8(3)6-17-12/h6-7,10-11,16H,5H2,1-4H3,(H,14,15).